The quantitative estimate of drug-likeness (QED) is 0.341. The number of benzene rings is 3. The molecule has 8 heteroatoms. The van der Waals surface area contributed by atoms with Crippen molar-refractivity contribution in [1.29, 1.82) is 0 Å². The van der Waals surface area contributed by atoms with Gasteiger partial charge in [-0.1, -0.05) is 36.4 Å². The minimum atomic E-state index is -0.542. The number of nitrogens with one attached hydrogen (secondary N) is 1. The molecule has 0 aliphatic carbocycles. The lowest BCUT2D eigenvalue weighted by atomic mass is 10.00. The topological polar surface area (TPSA) is 89.9 Å². The van der Waals surface area contributed by atoms with Crippen LogP contribution in [-0.2, 0) is 22.6 Å². The second kappa shape index (κ2) is 10.5. The van der Waals surface area contributed by atoms with Gasteiger partial charge in [-0.2, -0.15) is 0 Å². The van der Waals surface area contributed by atoms with E-state index < -0.39 is 6.61 Å². The molecule has 3 aromatic carbocycles. The Morgan fingerprint density at radius 2 is 1.71 bits per heavy atom. The highest BCUT2D eigenvalue weighted by Gasteiger charge is 2.25. The van der Waals surface area contributed by atoms with Crippen molar-refractivity contribution in [2.45, 2.75) is 13.0 Å². The van der Waals surface area contributed by atoms with Gasteiger partial charge in [0.1, 0.15) is 12.4 Å². The Morgan fingerprint density at radius 3 is 2.38 bits per heavy atom. The van der Waals surface area contributed by atoms with E-state index in [1.807, 2.05) is 48.5 Å². The molecule has 6 nitrogen and oxygen atoms in total. The van der Waals surface area contributed by atoms with Gasteiger partial charge in [-0.05, 0) is 85.3 Å². The lowest BCUT2D eigenvalue weighted by Gasteiger charge is -2.22. The van der Waals surface area contributed by atoms with E-state index in [-0.39, 0.29) is 17.6 Å². The summed E-state index contributed by atoms with van der Waals surface area (Å²) in [6.07, 6.45) is 2.35. The highest BCUT2D eigenvalue weighted by atomic mass is 79.9. The number of halogens is 2. The van der Waals surface area contributed by atoms with Crippen LogP contribution in [-0.4, -0.2) is 40.1 Å². The van der Waals surface area contributed by atoms with Gasteiger partial charge in [-0.15, -0.1) is 0 Å². The molecule has 0 aromatic heterocycles. The van der Waals surface area contributed by atoms with Gasteiger partial charge in [0, 0.05) is 29.9 Å². The van der Waals surface area contributed by atoms with Crippen molar-refractivity contribution >= 4 is 61.0 Å². The van der Waals surface area contributed by atoms with Crippen molar-refractivity contribution in [3.63, 3.8) is 0 Å². The third-order valence-electron chi connectivity index (χ3n) is 5.59. The number of carbonyl (C=O) groups is 2. The number of aromatic hydroxyl groups is 1. The molecular formula is C26H22Br2N2O4. The highest BCUT2D eigenvalue weighted by molar-refractivity contribution is 9.11. The average Bonchev–Trinajstić information content (AvgIpc) is 3.14. The number of nitrogens with zero attached hydrogens (tertiary/aromatic N) is 1. The number of hydrogen-bond acceptors (Lipinski definition) is 4. The first-order valence-electron chi connectivity index (χ1n) is 10.6. The van der Waals surface area contributed by atoms with Gasteiger partial charge in [0.25, 0.3) is 5.91 Å². The lowest BCUT2D eigenvalue weighted by molar-refractivity contribution is -0.134. The van der Waals surface area contributed by atoms with Crippen LogP contribution in [0.5, 0.6) is 5.75 Å². The molecule has 1 aliphatic heterocycles. The normalized spacial score (nSPS) is 13.6. The molecule has 0 bridgehead atoms. The first kappa shape index (κ1) is 24.2. The van der Waals surface area contributed by atoms with Crippen LogP contribution in [0.15, 0.2) is 69.6 Å². The largest absolute Gasteiger partial charge is 0.506 e. The Bertz CT molecular complexity index is 1250. The molecule has 0 saturated carbocycles. The molecule has 0 unspecified atom stereocenters. The Hall–Kier alpha value is -2.94. The molecule has 174 valence electrons. The first-order chi connectivity index (χ1) is 16.4. The van der Waals surface area contributed by atoms with E-state index in [4.69, 9.17) is 0 Å². The maximum absolute atomic E-state index is 12.6. The van der Waals surface area contributed by atoms with Crippen LogP contribution in [0.3, 0.4) is 0 Å². The summed E-state index contributed by atoms with van der Waals surface area (Å²) >= 11 is 6.64. The van der Waals surface area contributed by atoms with E-state index in [9.17, 15) is 19.8 Å². The number of aliphatic hydroxyl groups excluding tert-OH is 1. The van der Waals surface area contributed by atoms with Gasteiger partial charge in [0.2, 0.25) is 5.91 Å². The number of rotatable bonds is 7. The number of aliphatic hydroxyl groups is 1. The summed E-state index contributed by atoms with van der Waals surface area (Å²) in [5.74, 6) is -0.433. The van der Waals surface area contributed by atoms with Crippen LogP contribution in [0.25, 0.3) is 11.6 Å². The van der Waals surface area contributed by atoms with Gasteiger partial charge >= 0.3 is 0 Å². The SMILES string of the molecule is O=C1Nc2ccc(CCN(Cc3ccccc3)C(=O)CO)cc2/C1=C/c1cc(Br)c(O)c(Br)c1. The molecule has 0 atom stereocenters. The molecule has 0 radical (unpaired) electrons. The predicted molar refractivity (Wildman–Crippen MR) is 139 cm³/mol. The molecule has 4 rings (SSSR count). The zero-order valence-electron chi connectivity index (χ0n) is 18.1. The molecule has 0 fully saturated rings. The summed E-state index contributed by atoms with van der Waals surface area (Å²) in [4.78, 5) is 26.6. The highest BCUT2D eigenvalue weighted by Crippen LogP contribution is 2.37. The molecule has 1 heterocycles. The van der Waals surface area contributed by atoms with Crippen molar-refractivity contribution in [3.8, 4) is 5.75 Å². The number of fused-ring (bicyclic) bond motifs is 1. The summed E-state index contributed by atoms with van der Waals surface area (Å²) < 4.78 is 1.04. The summed E-state index contributed by atoms with van der Waals surface area (Å²) in [6.45, 7) is 0.312. The molecule has 0 spiro atoms. The van der Waals surface area contributed by atoms with E-state index >= 15 is 0 Å². The summed E-state index contributed by atoms with van der Waals surface area (Å²) in [7, 11) is 0. The molecule has 34 heavy (non-hydrogen) atoms. The monoisotopic (exact) mass is 584 g/mol. The van der Waals surface area contributed by atoms with Crippen molar-refractivity contribution in [2.24, 2.45) is 0 Å². The maximum Gasteiger partial charge on any atom is 0.256 e. The van der Waals surface area contributed by atoms with Crippen LogP contribution in [0.4, 0.5) is 5.69 Å². The standard InChI is InChI=1S/C26H22Br2N2O4/c27-21-12-18(13-22(28)25(21)33)11-20-19-10-16(6-7-23(19)29-26(20)34)8-9-30(24(32)15-31)14-17-4-2-1-3-5-17/h1-7,10-13,31,33H,8-9,14-15H2,(H,29,34)/b20-11-. The lowest BCUT2D eigenvalue weighted by Crippen LogP contribution is -2.34. The van der Waals surface area contributed by atoms with E-state index in [0.717, 1.165) is 27.9 Å². The van der Waals surface area contributed by atoms with Gasteiger partial charge in [-0.25, -0.2) is 0 Å². The van der Waals surface area contributed by atoms with E-state index in [0.29, 0.717) is 34.0 Å². The summed E-state index contributed by atoms with van der Waals surface area (Å²) in [6, 6.07) is 18.9. The average molecular weight is 586 g/mol. The van der Waals surface area contributed by atoms with E-state index in [1.54, 1.807) is 23.1 Å². The van der Waals surface area contributed by atoms with Gasteiger partial charge in [0.15, 0.2) is 0 Å². The maximum atomic E-state index is 12.6. The second-order valence-corrected chi connectivity index (χ2v) is 9.64. The zero-order chi connectivity index (χ0) is 24.2. The van der Waals surface area contributed by atoms with Crippen molar-refractivity contribution < 1.29 is 19.8 Å². The third-order valence-corrected chi connectivity index (χ3v) is 6.80. The van der Waals surface area contributed by atoms with Gasteiger partial charge < -0.3 is 20.4 Å². The fraction of sp³-hybridized carbons (Fsp3) is 0.154. The predicted octanol–water partition coefficient (Wildman–Crippen LogP) is 4.97. The fourth-order valence-corrected chi connectivity index (χ4v) is 5.05. The van der Waals surface area contributed by atoms with Crippen LogP contribution in [0.1, 0.15) is 22.3 Å². The molecule has 3 aromatic rings. The minimum Gasteiger partial charge on any atom is -0.506 e. The molecule has 3 N–H and O–H groups in total. The van der Waals surface area contributed by atoms with Crippen LogP contribution < -0.4 is 5.32 Å². The fourth-order valence-electron chi connectivity index (χ4n) is 3.83. The Kier molecular flexibility index (Phi) is 7.50. The Morgan fingerprint density at radius 1 is 1.00 bits per heavy atom. The van der Waals surface area contributed by atoms with Crippen LogP contribution in [0, 0.1) is 0 Å². The number of anilines is 1. The minimum absolute atomic E-state index is 0.0955. The first-order valence-corrected chi connectivity index (χ1v) is 12.2. The van der Waals surface area contributed by atoms with Crippen molar-refractivity contribution in [1.82, 2.24) is 4.90 Å². The van der Waals surface area contributed by atoms with Gasteiger partial charge in [0.05, 0.1) is 8.95 Å². The third kappa shape index (κ3) is 5.41. The molecular weight excluding hydrogens is 564 g/mol. The number of phenols is 1. The van der Waals surface area contributed by atoms with Crippen LogP contribution >= 0.6 is 31.9 Å². The molecule has 2 amide bonds. The van der Waals surface area contributed by atoms with Gasteiger partial charge in [-0.3, -0.25) is 9.59 Å². The molecule has 1 aliphatic rings. The summed E-state index contributed by atoms with van der Waals surface area (Å²) in [5, 5.41) is 22.2. The Labute approximate surface area is 214 Å². The van der Waals surface area contributed by atoms with Crippen molar-refractivity contribution in [3.05, 3.63) is 91.9 Å². The molecule has 0 saturated heterocycles. The van der Waals surface area contributed by atoms with Crippen LogP contribution in [0.2, 0.25) is 0 Å². The number of carbonyl (C=O) groups excluding carboxylic acids is 2. The smallest absolute Gasteiger partial charge is 0.256 e. The number of phenolic OH excluding ortho intramolecular Hbond substituents is 1. The Balaban J connectivity index is 1.56. The number of amides is 2. The number of hydrogen-bond donors (Lipinski definition) is 3. The summed E-state index contributed by atoms with van der Waals surface area (Å²) in [5.41, 5.74) is 4.74. The van der Waals surface area contributed by atoms with Crippen molar-refractivity contribution in [2.75, 3.05) is 18.5 Å². The second-order valence-electron chi connectivity index (χ2n) is 7.93. The van der Waals surface area contributed by atoms with E-state index in [2.05, 4.69) is 37.2 Å². The zero-order valence-corrected chi connectivity index (χ0v) is 21.3. The van der Waals surface area contributed by atoms with E-state index in [1.165, 1.54) is 0 Å².